The van der Waals surface area contributed by atoms with Crippen LogP contribution in [-0.2, 0) is 11.3 Å². The molecule has 0 spiro atoms. The molecule has 6 rings (SSSR count). The Morgan fingerprint density at radius 1 is 1.03 bits per heavy atom. The highest BCUT2D eigenvalue weighted by Gasteiger charge is 2.39. The lowest BCUT2D eigenvalue weighted by atomic mass is 9.80. The third-order valence-electron chi connectivity index (χ3n) is 8.41. The van der Waals surface area contributed by atoms with Gasteiger partial charge in [0.2, 0.25) is 5.91 Å². The van der Waals surface area contributed by atoms with Crippen molar-refractivity contribution in [2.45, 2.75) is 37.3 Å². The number of rotatable bonds is 6. The first kappa shape index (κ1) is 24.9. The number of hydrogen-bond donors (Lipinski definition) is 2. The molecule has 2 N–H and O–H groups in total. The van der Waals surface area contributed by atoms with Crippen LogP contribution in [0, 0.1) is 5.92 Å². The highest BCUT2D eigenvalue weighted by molar-refractivity contribution is 5.80. The average molecular weight is 512 g/mol. The lowest BCUT2D eigenvalue weighted by Crippen LogP contribution is -2.54. The van der Waals surface area contributed by atoms with Crippen LogP contribution < -0.4 is 16.0 Å². The zero-order valence-corrected chi connectivity index (χ0v) is 21.9. The third-order valence-corrected chi connectivity index (χ3v) is 8.41. The fourth-order valence-electron chi connectivity index (χ4n) is 6.28. The summed E-state index contributed by atoms with van der Waals surface area (Å²) in [6.45, 7) is 4.77. The van der Waals surface area contributed by atoms with Crippen LogP contribution in [-0.4, -0.2) is 70.4 Å². The van der Waals surface area contributed by atoms with E-state index in [4.69, 9.17) is 4.99 Å². The number of likely N-dealkylation sites (tertiary alicyclic amines) is 1. The minimum Gasteiger partial charge on any atom is -0.388 e. The predicted molar refractivity (Wildman–Crippen MR) is 148 cm³/mol. The summed E-state index contributed by atoms with van der Waals surface area (Å²) < 4.78 is 2.18. The van der Waals surface area contributed by atoms with Crippen LogP contribution in [0.25, 0.3) is 6.20 Å². The maximum atomic E-state index is 13.6. The molecule has 0 unspecified atom stereocenters. The standard InChI is InChI=1S/C31H37N5O2/c37-30(27-11-15-32-19-28(27)25-9-5-2-6-10-25)35-17-13-31(38,14-18-35)22-34-21-26-12-16-36(29(26)33-23-34)20-24-7-3-1-4-8-24/h1-10,12,16,21,27-28,32,38H,11,13-15,17-20,22-23H2/t27-,28+/m1/s1. The number of β-amino-alcohol motifs (C(OH)–C–C–N with tert-alkyl or cyclic N) is 1. The Bertz CT molecular complexity index is 1360. The molecule has 2 aromatic carbocycles. The van der Waals surface area contributed by atoms with Gasteiger partial charge in [-0.3, -0.25) is 4.79 Å². The number of carbonyl (C=O) groups is 1. The van der Waals surface area contributed by atoms with Gasteiger partial charge < -0.3 is 24.8 Å². The SMILES string of the molecule is O=C([C@@H]1CCNC[C@H]1c1ccccc1)N1CCC(O)(CN2C=c3ccn(Cc4ccccc4)c3=NC2)CC1. The van der Waals surface area contributed by atoms with E-state index in [0.29, 0.717) is 39.1 Å². The predicted octanol–water partition coefficient (Wildman–Crippen LogP) is 1.91. The first-order valence-electron chi connectivity index (χ1n) is 13.8. The third kappa shape index (κ3) is 5.26. The van der Waals surface area contributed by atoms with Gasteiger partial charge in [0, 0.05) is 62.2 Å². The molecule has 4 heterocycles. The molecular formula is C31H37N5O2. The topological polar surface area (TPSA) is 73.1 Å². The Kier molecular flexibility index (Phi) is 7.04. The van der Waals surface area contributed by atoms with E-state index in [9.17, 15) is 9.90 Å². The van der Waals surface area contributed by atoms with E-state index < -0.39 is 5.60 Å². The van der Waals surface area contributed by atoms with Gasteiger partial charge in [0.15, 0.2) is 0 Å². The van der Waals surface area contributed by atoms with Crippen molar-refractivity contribution < 1.29 is 9.90 Å². The van der Waals surface area contributed by atoms with Gasteiger partial charge >= 0.3 is 0 Å². The summed E-state index contributed by atoms with van der Waals surface area (Å²) in [7, 11) is 0. The molecular weight excluding hydrogens is 474 g/mol. The van der Waals surface area contributed by atoms with Crippen molar-refractivity contribution in [2.24, 2.45) is 10.9 Å². The van der Waals surface area contributed by atoms with E-state index in [-0.39, 0.29) is 17.7 Å². The fourth-order valence-corrected chi connectivity index (χ4v) is 6.28. The number of nitrogens with one attached hydrogen (secondary N) is 1. The molecule has 7 heteroatoms. The summed E-state index contributed by atoms with van der Waals surface area (Å²) in [6, 6.07) is 22.9. The van der Waals surface area contributed by atoms with E-state index >= 15 is 0 Å². The van der Waals surface area contributed by atoms with Gasteiger partial charge in [0.1, 0.15) is 12.2 Å². The molecule has 7 nitrogen and oxygen atoms in total. The molecule has 0 bridgehead atoms. The van der Waals surface area contributed by atoms with Crippen molar-refractivity contribution in [1.82, 2.24) is 19.7 Å². The van der Waals surface area contributed by atoms with Crippen molar-refractivity contribution in [3.8, 4) is 0 Å². The van der Waals surface area contributed by atoms with Crippen molar-refractivity contribution in [3.63, 3.8) is 0 Å². The minimum absolute atomic E-state index is 0.00239. The second kappa shape index (κ2) is 10.8. The number of benzene rings is 2. The second-order valence-electron chi connectivity index (χ2n) is 11.0. The Balaban J connectivity index is 1.08. The number of amides is 1. The second-order valence-corrected chi connectivity index (χ2v) is 11.0. The van der Waals surface area contributed by atoms with Crippen LogP contribution in [0.15, 0.2) is 77.9 Å². The quantitative estimate of drug-likeness (QED) is 0.531. The summed E-state index contributed by atoms with van der Waals surface area (Å²) in [6.07, 6.45) is 6.25. The summed E-state index contributed by atoms with van der Waals surface area (Å²) >= 11 is 0. The van der Waals surface area contributed by atoms with E-state index in [1.807, 2.05) is 17.0 Å². The van der Waals surface area contributed by atoms with E-state index in [0.717, 1.165) is 36.8 Å². The number of aromatic nitrogens is 1. The molecule has 3 aliphatic heterocycles. The lowest BCUT2D eigenvalue weighted by molar-refractivity contribution is -0.141. The molecule has 38 heavy (non-hydrogen) atoms. The first-order valence-corrected chi connectivity index (χ1v) is 13.8. The zero-order chi connectivity index (χ0) is 26.0. The van der Waals surface area contributed by atoms with Crippen LogP contribution in [0.1, 0.15) is 36.3 Å². The molecule has 2 fully saturated rings. The monoisotopic (exact) mass is 511 g/mol. The normalized spacial score (nSPS) is 22.8. The Labute approximate surface area is 224 Å². The molecule has 3 aliphatic rings. The number of carbonyl (C=O) groups excluding carboxylic acids is 1. The number of fused-ring (bicyclic) bond motifs is 1. The Morgan fingerprint density at radius 2 is 1.76 bits per heavy atom. The largest absolute Gasteiger partial charge is 0.388 e. The number of nitrogens with zero attached hydrogens (tertiary/aromatic N) is 4. The fraction of sp³-hybridized carbons (Fsp3) is 0.419. The minimum atomic E-state index is -0.820. The Morgan fingerprint density at radius 3 is 2.53 bits per heavy atom. The molecule has 2 saturated heterocycles. The van der Waals surface area contributed by atoms with Gasteiger partial charge in [-0.1, -0.05) is 60.7 Å². The van der Waals surface area contributed by atoms with Crippen molar-refractivity contribution in [3.05, 3.63) is 94.8 Å². The summed E-state index contributed by atoms with van der Waals surface area (Å²) in [4.78, 5) is 22.5. The van der Waals surface area contributed by atoms with Gasteiger partial charge in [-0.05, 0) is 43.0 Å². The smallest absolute Gasteiger partial charge is 0.226 e. The first-order chi connectivity index (χ1) is 18.6. The average Bonchev–Trinajstić information content (AvgIpc) is 3.35. The zero-order valence-electron chi connectivity index (χ0n) is 21.9. The van der Waals surface area contributed by atoms with Crippen LogP contribution in [0.2, 0.25) is 0 Å². The van der Waals surface area contributed by atoms with Gasteiger partial charge in [0.05, 0.1) is 5.60 Å². The van der Waals surface area contributed by atoms with E-state index in [1.54, 1.807) is 0 Å². The van der Waals surface area contributed by atoms with Gasteiger partial charge in [-0.25, -0.2) is 4.99 Å². The molecule has 198 valence electrons. The molecule has 0 radical (unpaired) electrons. The number of piperidine rings is 2. The van der Waals surface area contributed by atoms with Gasteiger partial charge in [-0.15, -0.1) is 0 Å². The van der Waals surface area contributed by atoms with Crippen molar-refractivity contribution in [1.29, 1.82) is 0 Å². The highest BCUT2D eigenvalue weighted by Crippen LogP contribution is 2.33. The lowest BCUT2D eigenvalue weighted by Gasteiger charge is -2.43. The number of aliphatic hydroxyl groups is 1. The van der Waals surface area contributed by atoms with E-state index in [1.165, 1.54) is 11.1 Å². The van der Waals surface area contributed by atoms with E-state index in [2.05, 4.69) is 81.8 Å². The van der Waals surface area contributed by atoms with Crippen LogP contribution in [0.5, 0.6) is 0 Å². The maximum Gasteiger partial charge on any atom is 0.226 e. The number of hydrogen-bond acceptors (Lipinski definition) is 5. The van der Waals surface area contributed by atoms with Crippen molar-refractivity contribution >= 4 is 12.1 Å². The highest BCUT2D eigenvalue weighted by atomic mass is 16.3. The van der Waals surface area contributed by atoms with Gasteiger partial charge in [-0.2, -0.15) is 0 Å². The summed E-state index contributed by atoms with van der Waals surface area (Å²) in [5, 5.41) is 16.0. The molecule has 0 aliphatic carbocycles. The van der Waals surface area contributed by atoms with Crippen molar-refractivity contribution in [2.75, 3.05) is 39.4 Å². The summed E-state index contributed by atoms with van der Waals surface area (Å²) in [5.74, 6) is 0.440. The molecule has 3 aromatic rings. The summed E-state index contributed by atoms with van der Waals surface area (Å²) in [5.41, 5.74) is 2.65. The molecule has 0 saturated carbocycles. The molecule has 2 atom stereocenters. The molecule has 1 amide bonds. The van der Waals surface area contributed by atoms with Crippen LogP contribution >= 0.6 is 0 Å². The van der Waals surface area contributed by atoms with Crippen LogP contribution in [0.3, 0.4) is 0 Å². The molecule has 1 aromatic heterocycles. The Hall–Kier alpha value is -3.42. The van der Waals surface area contributed by atoms with Gasteiger partial charge in [0.25, 0.3) is 0 Å². The van der Waals surface area contributed by atoms with Crippen LogP contribution in [0.4, 0.5) is 0 Å². The maximum absolute atomic E-state index is 13.6.